The van der Waals surface area contributed by atoms with Gasteiger partial charge in [-0.05, 0) is 69.5 Å². The van der Waals surface area contributed by atoms with Crippen LogP contribution in [-0.4, -0.2) is 20.7 Å². The van der Waals surface area contributed by atoms with E-state index in [2.05, 4.69) is 58.2 Å². The number of carbonyl (C=O) groups is 1. The summed E-state index contributed by atoms with van der Waals surface area (Å²) in [5.74, 6) is -0.0809. The number of rotatable bonds is 6. The number of nitriles is 1. The van der Waals surface area contributed by atoms with Gasteiger partial charge in [0.1, 0.15) is 11.1 Å². The van der Waals surface area contributed by atoms with Gasteiger partial charge in [0.25, 0.3) is 0 Å². The number of anilines is 1. The first-order valence-electron chi connectivity index (χ1n) is 11.3. The molecule has 0 aliphatic heterocycles. The summed E-state index contributed by atoms with van der Waals surface area (Å²) >= 11 is 1.37. The molecule has 0 bridgehead atoms. The Morgan fingerprint density at radius 1 is 1.09 bits per heavy atom. The Kier molecular flexibility index (Phi) is 6.44. The Morgan fingerprint density at radius 2 is 1.82 bits per heavy atom. The van der Waals surface area contributed by atoms with E-state index < -0.39 is 0 Å². The lowest BCUT2D eigenvalue weighted by Gasteiger charge is -2.17. The number of pyridine rings is 1. The molecule has 0 saturated heterocycles. The minimum absolute atomic E-state index is 0.0809. The van der Waals surface area contributed by atoms with Crippen LogP contribution in [0.15, 0.2) is 47.5 Å². The molecular weight excluding hydrogens is 428 g/mol. The summed E-state index contributed by atoms with van der Waals surface area (Å²) in [5, 5.41) is 15.4. The fourth-order valence-corrected chi connectivity index (χ4v) is 5.39. The van der Waals surface area contributed by atoms with Crippen LogP contribution in [0.5, 0.6) is 0 Å². The number of para-hydroxylation sites is 1. The summed E-state index contributed by atoms with van der Waals surface area (Å²) in [6.07, 6.45) is 0.631. The van der Waals surface area contributed by atoms with Crippen molar-refractivity contribution in [1.82, 2.24) is 9.55 Å². The summed E-state index contributed by atoms with van der Waals surface area (Å²) in [4.78, 5) is 17.8. The molecule has 0 radical (unpaired) electrons. The Morgan fingerprint density at radius 3 is 2.52 bits per heavy atom. The molecule has 0 spiro atoms. The lowest BCUT2D eigenvalue weighted by Crippen LogP contribution is -2.25. The molecular formula is C27H28N4OS. The number of benzene rings is 2. The summed E-state index contributed by atoms with van der Waals surface area (Å²) in [5.41, 5.74) is 6.53. The number of thioether (sulfide) groups is 1. The van der Waals surface area contributed by atoms with Crippen LogP contribution in [0.2, 0.25) is 0 Å². The van der Waals surface area contributed by atoms with E-state index >= 15 is 0 Å². The number of hydrogen-bond acceptors (Lipinski definition) is 4. The van der Waals surface area contributed by atoms with Gasteiger partial charge in [-0.2, -0.15) is 5.26 Å². The largest absolute Gasteiger partial charge is 0.341 e. The highest BCUT2D eigenvalue weighted by Gasteiger charge is 2.23. The van der Waals surface area contributed by atoms with Crippen LogP contribution in [0.25, 0.3) is 21.8 Å². The Hall–Kier alpha value is -3.30. The fraction of sp³-hybridized carbons (Fsp3) is 0.296. The van der Waals surface area contributed by atoms with Crippen LogP contribution in [0, 0.1) is 32.1 Å². The Balaban J connectivity index is 1.64. The summed E-state index contributed by atoms with van der Waals surface area (Å²) in [6, 6.07) is 16.7. The molecule has 0 saturated carbocycles. The van der Waals surface area contributed by atoms with Gasteiger partial charge in [0, 0.05) is 39.7 Å². The molecule has 6 heteroatoms. The quantitative estimate of drug-likeness (QED) is 0.336. The maximum absolute atomic E-state index is 13.2. The monoisotopic (exact) mass is 456 g/mol. The zero-order valence-electron chi connectivity index (χ0n) is 19.7. The van der Waals surface area contributed by atoms with Gasteiger partial charge in [-0.3, -0.25) is 4.79 Å². The van der Waals surface area contributed by atoms with Crippen LogP contribution in [0.4, 0.5) is 5.69 Å². The van der Waals surface area contributed by atoms with Crippen molar-refractivity contribution in [3.8, 4) is 6.07 Å². The number of amides is 1. The lowest BCUT2D eigenvalue weighted by atomic mass is 10.1. The van der Waals surface area contributed by atoms with E-state index in [0.717, 1.165) is 40.0 Å². The van der Waals surface area contributed by atoms with Crippen molar-refractivity contribution in [2.45, 2.75) is 57.9 Å². The molecule has 1 atom stereocenters. The zero-order chi connectivity index (χ0) is 23.7. The molecule has 2 heterocycles. The summed E-state index contributed by atoms with van der Waals surface area (Å²) in [6.45, 7) is 10.9. The predicted octanol–water partition coefficient (Wildman–Crippen LogP) is 6.52. The molecule has 2 aromatic heterocycles. The maximum Gasteiger partial charge on any atom is 0.237 e. The molecule has 168 valence electrons. The van der Waals surface area contributed by atoms with Crippen LogP contribution < -0.4 is 5.32 Å². The Labute approximate surface area is 198 Å². The average molecular weight is 457 g/mol. The number of nitrogens with zero attached hydrogens (tertiary/aromatic N) is 3. The molecule has 5 nitrogen and oxygen atoms in total. The van der Waals surface area contributed by atoms with E-state index in [-0.39, 0.29) is 11.2 Å². The number of aromatic nitrogens is 2. The van der Waals surface area contributed by atoms with Crippen molar-refractivity contribution >= 4 is 45.2 Å². The van der Waals surface area contributed by atoms with Crippen molar-refractivity contribution in [2.24, 2.45) is 0 Å². The van der Waals surface area contributed by atoms with Crippen molar-refractivity contribution < 1.29 is 4.79 Å². The highest BCUT2D eigenvalue weighted by atomic mass is 32.2. The van der Waals surface area contributed by atoms with E-state index in [1.807, 2.05) is 39.8 Å². The smallest absolute Gasteiger partial charge is 0.237 e. The Bertz CT molecular complexity index is 1410. The van der Waals surface area contributed by atoms with Crippen molar-refractivity contribution in [1.29, 1.82) is 5.26 Å². The van der Waals surface area contributed by atoms with E-state index in [1.165, 1.54) is 22.7 Å². The number of hydrogen-bond donors (Lipinski definition) is 1. The van der Waals surface area contributed by atoms with E-state index in [1.54, 1.807) is 0 Å². The van der Waals surface area contributed by atoms with Gasteiger partial charge in [-0.1, -0.05) is 36.9 Å². The SMILES string of the molecule is CCC(Sc1nc(C)c(C)c(C)c1C#N)C(=O)Nc1ccc2c(c1)c1ccccc1n2CC. The van der Waals surface area contributed by atoms with Gasteiger partial charge in [0.2, 0.25) is 5.91 Å². The van der Waals surface area contributed by atoms with Gasteiger partial charge in [0.15, 0.2) is 0 Å². The summed E-state index contributed by atoms with van der Waals surface area (Å²) in [7, 11) is 0. The van der Waals surface area contributed by atoms with Crippen LogP contribution in [-0.2, 0) is 11.3 Å². The molecule has 1 N–H and O–H groups in total. The molecule has 2 aromatic carbocycles. The van der Waals surface area contributed by atoms with Crippen LogP contribution in [0.3, 0.4) is 0 Å². The topological polar surface area (TPSA) is 70.7 Å². The number of fused-ring (bicyclic) bond motifs is 3. The van der Waals surface area contributed by atoms with Crippen molar-refractivity contribution in [3.63, 3.8) is 0 Å². The number of aryl methyl sites for hydroxylation is 2. The second-order valence-electron chi connectivity index (χ2n) is 8.24. The highest BCUT2D eigenvalue weighted by Crippen LogP contribution is 2.33. The second-order valence-corrected chi connectivity index (χ2v) is 9.43. The highest BCUT2D eigenvalue weighted by molar-refractivity contribution is 8.00. The third-order valence-electron chi connectivity index (χ3n) is 6.35. The third-order valence-corrected chi connectivity index (χ3v) is 7.70. The van der Waals surface area contributed by atoms with Crippen LogP contribution >= 0.6 is 11.8 Å². The number of nitrogens with one attached hydrogen (secondary N) is 1. The minimum Gasteiger partial charge on any atom is -0.341 e. The van der Waals surface area contributed by atoms with Gasteiger partial charge in [0.05, 0.1) is 10.8 Å². The molecule has 4 aromatic rings. The molecule has 1 amide bonds. The van der Waals surface area contributed by atoms with E-state index in [0.29, 0.717) is 17.0 Å². The first-order valence-corrected chi connectivity index (χ1v) is 12.1. The van der Waals surface area contributed by atoms with E-state index in [9.17, 15) is 10.1 Å². The molecule has 0 aliphatic carbocycles. The lowest BCUT2D eigenvalue weighted by molar-refractivity contribution is -0.115. The van der Waals surface area contributed by atoms with E-state index in [4.69, 9.17) is 0 Å². The number of carbonyl (C=O) groups excluding carboxylic acids is 1. The molecule has 0 fully saturated rings. The van der Waals surface area contributed by atoms with Crippen molar-refractivity contribution in [2.75, 3.05) is 5.32 Å². The minimum atomic E-state index is -0.348. The normalized spacial score (nSPS) is 12.1. The molecule has 33 heavy (non-hydrogen) atoms. The van der Waals surface area contributed by atoms with Crippen LogP contribution in [0.1, 0.15) is 42.7 Å². The van der Waals surface area contributed by atoms with Gasteiger partial charge in [-0.25, -0.2) is 4.98 Å². The third kappa shape index (κ3) is 4.09. The molecule has 4 rings (SSSR count). The fourth-order valence-electron chi connectivity index (χ4n) is 4.28. The van der Waals surface area contributed by atoms with Gasteiger partial charge < -0.3 is 9.88 Å². The van der Waals surface area contributed by atoms with Gasteiger partial charge >= 0.3 is 0 Å². The van der Waals surface area contributed by atoms with Crippen molar-refractivity contribution in [3.05, 3.63) is 64.8 Å². The molecule has 0 aliphatic rings. The molecule has 1 unspecified atom stereocenters. The zero-order valence-corrected chi connectivity index (χ0v) is 20.5. The maximum atomic E-state index is 13.2. The average Bonchev–Trinajstić information content (AvgIpc) is 3.14. The predicted molar refractivity (Wildman–Crippen MR) is 137 cm³/mol. The first-order chi connectivity index (χ1) is 15.9. The second kappa shape index (κ2) is 9.29. The first kappa shape index (κ1) is 22.9. The summed E-state index contributed by atoms with van der Waals surface area (Å²) < 4.78 is 2.29. The standard InChI is InChI=1S/C27H28N4OS/c1-6-25(33-27-22(15-28)17(4)16(3)18(5)29-27)26(32)30-19-12-13-24-21(14-19)20-10-8-9-11-23(20)31(24)7-2/h8-14,25H,6-7H2,1-5H3,(H,30,32). The van der Waals surface area contributed by atoms with Gasteiger partial charge in [-0.15, -0.1) is 0 Å².